The van der Waals surface area contributed by atoms with Crippen molar-refractivity contribution in [1.29, 1.82) is 0 Å². The number of hydrogen-bond donors (Lipinski definition) is 2. The number of nitrogen functional groups attached to an aromatic ring is 1. The lowest BCUT2D eigenvalue weighted by atomic mass is 10.1. The van der Waals surface area contributed by atoms with Crippen molar-refractivity contribution in [3.63, 3.8) is 0 Å². The third kappa shape index (κ3) is 1.77. The van der Waals surface area contributed by atoms with E-state index in [4.69, 9.17) is 10.5 Å². The zero-order chi connectivity index (χ0) is 13.5. The lowest BCUT2D eigenvalue weighted by Crippen LogP contribution is -2.14. The molecular formula is C14H12N4OS. The van der Waals surface area contributed by atoms with Gasteiger partial charge in [0.15, 0.2) is 0 Å². The second kappa shape index (κ2) is 4.35. The van der Waals surface area contributed by atoms with E-state index < -0.39 is 0 Å². The number of thiophene rings is 1. The molecule has 0 radical (unpaired) electrons. The van der Waals surface area contributed by atoms with Gasteiger partial charge in [0.1, 0.15) is 23.0 Å². The predicted octanol–water partition coefficient (Wildman–Crippen LogP) is 2.82. The van der Waals surface area contributed by atoms with Crippen molar-refractivity contribution in [3.8, 4) is 5.75 Å². The number of nitrogens with one attached hydrogen (secondary N) is 1. The summed E-state index contributed by atoms with van der Waals surface area (Å²) in [7, 11) is 0. The molecule has 4 rings (SSSR count). The first-order chi connectivity index (χ1) is 9.81. The highest BCUT2D eigenvalue weighted by Gasteiger charge is 2.24. The summed E-state index contributed by atoms with van der Waals surface area (Å²) in [4.78, 5) is 9.44. The highest BCUT2D eigenvalue weighted by atomic mass is 32.1. The van der Waals surface area contributed by atoms with Crippen LogP contribution < -0.4 is 15.8 Å². The molecule has 1 aliphatic rings. The van der Waals surface area contributed by atoms with Gasteiger partial charge in [0.25, 0.3) is 0 Å². The molecule has 0 spiro atoms. The van der Waals surface area contributed by atoms with Crippen molar-refractivity contribution in [3.05, 3.63) is 41.3 Å². The molecule has 1 aromatic carbocycles. The summed E-state index contributed by atoms with van der Waals surface area (Å²) in [6.45, 7) is 0.592. The van der Waals surface area contributed by atoms with E-state index in [1.165, 1.54) is 0 Å². The fraction of sp³-hybridized carbons (Fsp3) is 0.143. The predicted molar refractivity (Wildman–Crippen MR) is 80.1 cm³/mol. The highest BCUT2D eigenvalue weighted by Crippen LogP contribution is 2.35. The SMILES string of the molecule is Nc1nc(NC2COc3ccccc32)c2ccsc2n1. The number of anilines is 2. The normalized spacial score (nSPS) is 16.9. The Kier molecular flexibility index (Phi) is 2.50. The summed E-state index contributed by atoms with van der Waals surface area (Å²) < 4.78 is 5.67. The number of fused-ring (bicyclic) bond motifs is 2. The third-order valence-electron chi connectivity index (χ3n) is 3.35. The van der Waals surface area contributed by atoms with Gasteiger partial charge in [-0.05, 0) is 17.5 Å². The van der Waals surface area contributed by atoms with E-state index in [9.17, 15) is 0 Å². The van der Waals surface area contributed by atoms with Gasteiger partial charge < -0.3 is 15.8 Å². The van der Waals surface area contributed by atoms with E-state index >= 15 is 0 Å². The van der Waals surface area contributed by atoms with Crippen LogP contribution >= 0.6 is 11.3 Å². The monoisotopic (exact) mass is 284 g/mol. The molecule has 0 bridgehead atoms. The van der Waals surface area contributed by atoms with Crippen LogP contribution in [-0.2, 0) is 0 Å². The zero-order valence-corrected chi connectivity index (χ0v) is 11.4. The van der Waals surface area contributed by atoms with Gasteiger partial charge in [0.2, 0.25) is 5.95 Å². The number of hydrogen-bond acceptors (Lipinski definition) is 6. The topological polar surface area (TPSA) is 73.1 Å². The number of para-hydroxylation sites is 1. The average molecular weight is 284 g/mol. The molecule has 1 aliphatic heterocycles. The van der Waals surface area contributed by atoms with E-state index in [1.807, 2.05) is 29.6 Å². The smallest absolute Gasteiger partial charge is 0.223 e. The van der Waals surface area contributed by atoms with Crippen molar-refractivity contribution in [1.82, 2.24) is 9.97 Å². The maximum Gasteiger partial charge on any atom is 0.223 e. The van der Waals surface area contributed by atoms with Crippen molar-refractivity contribution in [2.45, 2.75) is 6.04 Å². The van der Waals surface area contributed by atoms with Gasteiger partial charge in [-0.1, -0.05) is 18.2 Å². The summed E-state index contributed by atoms with van der Waals surface area (Å²) >= 11 is 1.56. The van der Waals surface area contributed by atoms with Crippen molar-refractivity contribution < 1.29 is 4.74 Å². The molecule has 0 saturated carbocycles. The third-order valence-corrected chi connectivity index (χ3v) is 4.16. The Morgan fingerprint density at radius 3 is 3.10 bits per heavy atom. The zero-order valence-electron chi connectivity index (χ0n) is 10.5. The van der Waals surface area contributed by atoms with Crippen LogP contribution in [0.2, 0.25) is 0 Å². The first-order valence-corrected chi connectivity index (χ1v) is 7.18. The van der Waals surface area contributed by atoms with Crippen molar-refractivity contribution in [2.24, 2.45) is 0 Å². The molecule has 0 aliphatic carbocycles. The number of nitrogens with two attached hydrogens (primary N) is 1. The highest BCUT2D eigenvalue weighted by molar-refractivity contribution is 7.16. The number of rotatable bonds is 2. The molecule has 6 heteroatoms. The molecule has 5 nitrogen and oxygen atoms in total. The summed E-state index contributed by atoms with van der Waals surface area (Å²) in [5.74, 6) is 1.97. The minimum atomic E-state index is 0.0867. The van der Waals surface area contributed by atoms with Crippen LogP contribution in [0, 0.1) is 0 Å². The van der Waals surface area contributed by atoms with Crippen molar-refractivity contribution >= 4 is 33.3 Å². The number of ether oxygens (including phenoxy) is 1. The molecule has 2 aromatic heterocycles. The van der Waals surface area contributed by atoms with Crippen molar-refractivity contribution in [2.75, 3.05) is 17.7 Å². The Hall–Kier alpha value is -2.34. The fourth-order valence-corrected chi connectivity index (χ4v) is 3.20. The first kappa shape index (κ1) is 11.5. The van der Waals surface area contributed by atoms with Crippen LogP contribution in [0.3, 0.4) is 0 Å². The Bertz CT molecular complexity index is 786. The maximum absolute atomic E-state index is 5.77. The second-order valence-electron chi connectivity index (χ2n) is 4.62. The number of nitrogens with zero attached hydrogens (tertiary/aromatic N) is 2. The Morgan fingerprint density at radius 2 is 2.15 bits per heavy atom. The second-order valence-corrected chi connectivity index (χ2v) is 5.51. The van der Waals surface area contributed by atoms with Gasteiger partial charge in [0.05, 0.1) is 11.4 Å². The van der Waals surface area contributed by atoms with Crippen LogP contribution in [0.25, 0.3) is 10.2 Å². The van der Waals surface area contributed by atoms with Crippen LogP contribution in [0.5, 0.6) is 5.75 Å². The van der Waals surface area contributed by atoms with Crippen LogP contribution in [0.1, 0.15) is 11.6 Å². The number of aromatic nitrogens is 2. The van der Waals surface area contributed by atoms with Gasteiger partial charge >= 0.3 is 0 Å². The molecule has 0 saturated heterocycles. The molecule has 3 heterocycles. The van der Waals surface area contributed by atoms with E-state index in [0.717, 1.165) is 27.3 Å². The summed E-state index contributed by atoms with van der Waals surface area (Å²) in [5.41, 5.74) is 6.91. The Balaban J connectivity index is 1.74. The van der Waals surface area contributed by atoms with Crippen LogP contribution in [0.4, 0.5) is 11.8 Å². The Morgan fingerprint density at radius 1 is 1.25 bits per heavy atom. The molecule has 20 heavy (non-hydrogen) atoms. The summed E-state index contributed by atoms with van der Waals surface area (Å²) in [5, 5.41) is 6.40. The molecule has 100 valence electrons. The van der Waals surface area contributed by atoms with E-state index in [0.29, 0.717) is 6.61 Å². The Labute approximate surface area is 119 Å². The summed E-state index contributed by atoms with van der Waals surface area (Å²) in [6, 6.07) is 10.1. The van der Waals surface area contributed by atoms with Crippen LogP contribution in [-0.4, -0.2) is 16.6 Å². The van der Waals surface area contributed by atoms with E-state index in [1.54, 1.807) is 11.3 Å². The molecule has 0 amide bonds. The minimum Gasteiger partial charge on any atom is -0.491 e. The standard InChI is InChI=1S/C14H12N4OS/c15-14-17-12(9-5-6-20-13(9)18-14)16-10-7-19-11-4-2-1-3-8(10)11/h1-6,10H,7H2,(H3,15,16,17,18). The van der Waals surface area contributed by atoms with Gasteiger partial charge in [0, 0.05) is 5.56 Å². The van der Waals surface area contributed by atoms with Gasteiger partial charge in [-0.3, -0.25) is 0 Å². The van der Waals surface area contributed by atoms with Gasteiger partial charge in [-0.25, -0.2) is 4.98 Å². The number of benzene rings is 1. The maximum atomic E-state index is 5.77. The van der Waals surface area contributed by atoms with Gasteiger partial charge in [-0.2, -0.15) is 4.98 Å². The molecule has 1 atom stereocenters. The summed E-state index contributed by atoms with van der Waals surface area (Å²) in [6.07, 6.45) is 0. The van der Waals surface area contributed by atoms with E-state index in [2.05, 4.69) is 21.4 Å². The quantitative estimate of drug-likeness (QED) is 0.757. The average Bonchev–Trinajstić information content (AvgIpc) is 3.06. The lowest BCUT2D eigenvalue weighted by molar-refractivity contribution is 0.339. The largest absolute Gasteiger partial charge is 0.491 e. The van der Waals surface area contributed by atoms with Crippen LogP contribution in [0.15, 0.2) is 35.7 Å². The fourth-order valence-electron chi connectivity index (χ4n) is 2.43. The molecular weight excluding hydrogens is 272 g/mol. The minimum absolute atomic E-state index is 0.0867. The molecule has 3 N–H and O–H groups in total. The first-order valence-electron chi connectivity index (χ1n) is 6.30. The van der Waals surface area contributed by atoms with E-state index in [-0.39, 0.29) is 12.0 Å². The van der Waals surface area contributed by atoms with Gasteiger partial charge in [-0.15, -0.1) is 11.3 Å². The molecule has 3 aromatic rings. The lowest BCUT2D eigenvalue weighted by Gasteiger charge is -2.13. The molecule has 0 fully saturated rings. The molecule has 1 unspecified atom stereocenters.